The summed E-state index contributed by atoms with van der Waals surface area (Å²) in [5.41, 5.74) is 0.961. The molecule has 1 aliphatic rings. The van der Waals surface area contributed by atoms with Gasteiger partial charge in [-0.25, -0.2) is 0 Å². The van der Waals surface area contributed by atoms with Crippen LogP contribution in [0.4, 0.5) is 0 Å². The van der Waals surface area contributed by atoms with Gasteiger partial charge in [-0.1, -0.05) is 12.1 Å². The third-order valence-electron chi connectivity index (χ3n) is 3.74. The van der Waals surface area contributed by atoms with Crippen molar-refractivity contribution in [3.8, 4) is 5.75 Å². The minimum atomic E-state index is -0.00356. The van der Waals surface area contributed by atoms with Crippen LogP contribution in [0.15, 0.2) is 24.3 Å². The van der Waals surface area contributed by atoms with Crippen LogP contribution in [0.2, 0.25) is 0 Å². The molecule has 2 amide bonds. The van der Waals surface area contributed by atoms with Crippen LogP contribution in [0, 0.1) is 0 Å². The van der Waals surface area contributed by atoms with Crippen molar-refractivity contribution in [1.29, 1.82) is 0 Å². The van der Waals surface area contributed by atoms with Crippen molar-refractivity contribution in [2.24, 2.45) is 0 Å². The predicted octanol–water partition coefficient (Wildman–Crippen LogP) is 1.36. The van der Waals surface area contributed by atoms with E-state index in [4.69, 9.17) is 4.74 Å². The number of carbonyl (C=O) groups is 2. The Morgan fingerprint density at radius 3 is 2.67 bits per heavy atom. The monoisotopic (exact) mass is 290 g/mol. The lowest BCUT2D eigenvalue weighted by atomic mass is 10.0. The van der Waals surface area contributed by atoms with E-state index in [0.717, 1.165) is 24.2 Å². The summed E-state index contributed by atoms with van der Waals surface area (Å²) >= 11 is 0. The van der Waals surface area contributed by atoms with Gasteiger partial charge < -0.3 is 15.0 Å². The van der Waals surface area contributed by atoms with Gasteiger partial charge >= 0.3 is 0 Å². The summed E-state index contributed by atoms with van der Waals surface area (Å²) in [7, 11) is 1.62. The van der Waals surface area contributed by atoms with Crippen LogP contribution in [-0.2, 0) is 16.0 Å². The Kier molecular flexibility index (Phi) is 5.20. The summed E-state index contributed by atoms with van der Waals surface area (Å²) in [6, 6.07) is 7.78. The Bertz CT molecular complexity index is 508. The van der Waals surface area contributed by atoms with E-state index in [9.17, 15) is 9.59 Å². The van der Waals surface area contributed by atoms with Crippen LogP contribution < -0.4 is 10.1 Å². The Labute approximate surface area is 125 Å². The second-order valence-electron chi connectivity index (χ2n) is 5.38. The number of likely N-dealkylation sites (tertiary alicyclic amines) is 1. The fourth-order valence-electron chi connectivity index (χ4n) is 2.63. The van der Waals surface area contributed by atoms with Crippen molar-refractivity contribution >= 4 is 11.8 Å². The standard InChI is InChI=1S/C16H22N2O3/c1-12(19)17-14-6-8-18(9-7-14)16(20)11-13-4-3-5-15(10-13)21-2/h3-5,10,14H,6-9,11H2,1-2H3,(H,17,19). The largest absolute Gasteiger partial charge is 0.497 e. The van der Waals surface area contributed by atoms with Crippen LogP contribution in [0.1, 0.15) is 25.3 Å². The number of hydrogen-bond acceptors (Lipinski definition) is 3. The number of rotatable bonds is 4. The first-order valence-corrected chi connectivity index (χ1v) is 7.26. The fourth-order valence-corrected chi connectivity index (χ4v) is 2.63. The number of carbonyl (C=O) groups excluding carboxylic acids is 2. The number of methoxy groups -OCH3 is 1. The molecule has 0 saturated carbocycles. The lowest BCUT2D eigenvalue weighted by Crippen LogP contribution is -2.46. The molecule has 0 spiro atoms. The van der Waals surface area contributed by atoms with Gasteiger partial charge in [-0.15, -0.1) is 0 Å². The first-order valence-electron chi connectivity index (χ1n) is 7.26. The number of ether oxygens (including phenoxy) is 1. The minimum Gasteiger partial charge on any atom is -0.497 e. The van der Waals surface area contributed by atoms with E-state index in [-0.39, 0.29) is 17.9 Å². The number of piperidine rings is 1. The van der Waals surface area contributed by atoms with Crippen LogP contribution in [0.25, 0.3) is 0 Å². The maximum absolute atomic E-state index is 12.3. The lowest BCUT2D eigenvalue weighted by molar-refractivity contribution is -0.131. The molecule has 1 aromatic rings. The van der Waals surface area contributed by atoms with Gasteiger partial charge in [0.25, 0.3) is 0 Å². The predicted molar refractivity (Wildman–Crippen MR) is 80.1 cm³/mol. The normalized spacial score (nSPS) is 15.6. The highest BCUT2D eigenvalue weighted by atomic mass is 16.5. The number of benzene rings is 1. The van der Waals surface area contributed by atoms with Crippen molar-refractivity contribution in [2.75, 3.05) is 20.2 Å². The van der Waals surface area contributed by atoms with Crippen molar-refractivity contribution in [2.45, 2.75) is 32.2 Å². The maximum Gasteiger partial charge on any atom is 0.226 e. The molecule has 21 heavy (non-hydrogen) atoms. The molecule has 1 aliphatic heterocycles. The summed E-state index contributed by atoms with van der Waals surface area (Å²) < 4.78 is 5.17. The third-order valence-corrected chi connectivity index (χ3v) is 3.74. The number of nitrogens with one attached hydrogen (secondary N) is 1. The molecule has 114 valence electrons. The highest BCUT2D eigenvalue weighted by Crippen LogP contribution is 2.16. The number of nitrogens with zero attached hydrogens (tertiary/aromatic N) is 1. The second-order valence-corrected chi connectivity index (χ2v) is 5.38. The first kappa shape index (κ1) is 15.4. The molecule has 2 rings (SSSR count). The third kappa shape index (κ3) is 4.48. The van der Waals surface area contributed by atoms with E-state index >= 15 is 0 Å². The van der Waals surface area contributed by atoms with Crippen LogP contribution in [0.3, 0.4) is 0 Å². The van der Waals surface area contributed by atoms with Gasteiger partial charge in [0.2, 0.25) is 11.8 Å². The molecule has 0 aromatic heterocycles. The highest BCUT2D eigenvalue weighted by molar-refractivity contribution is 5.79. The van der Waals surface area contributed by atoms with Crippen LogP contribution in [0.5, 0.6) is 5.75 Å². The second kappa shape index (κ2) is 7.11. The van der Waals surface area contributed by atoms with Crippen molar-refractivity contribution in [1.82, 2.24) is 10.2 Å². The Balaban J connectivity index is 1.85. The van der Waals surface area contributed by atoms with Gasteiger partial charge in [-0.05, 0) is 30.5 Å². The number of amides is 2. The molecule has 0 radical (unpaired) electrons. The van der Waals surface area contributed by atoms with Crippen molar-refractivity contribution < 1.29 is 14.3 Å². The molecule has 5 heteroatoms. The zero-order valence-corrected chi connectivity index (χ0v) is 12.6. The zero-order valence-electron chi connectivity index (χ0n) is 12.6. The summed E-state index contributed by atoms with van der Waals surface area (Å²) in [6.07, 6.45) is 2.04. The Morgan fingerprint density at radius 1 is 1.33 bits per heavy atom. The summed E-state index contributed by atoms with van der Waals surface area (Å²) in [4.78, 5) is 25.2. The Hall–Kier alpha value is -2.04. The van der Waals surface area contributed by atoms with Gasteiger partial charge in [-0.2, -0.15) is 0 Å². The lowest BCUT2D eigenvalue weighted by Gasteiger charge is -2.32. The first-order chi connectivity index (χ1) is 10.1. The van der Waals surface area contributed by atoms with E-state index in [1.807, 2.05) is 29.2 Å². The van der Waals surface area contributed by atoms with Crippen molar-refractivity contribution in [3.05, 3.63) is 29.8 Å². The van der Waals surface area contributed by atoms with Gasteiger partial charge in [-0.3, -0.25) is 9.59 Å². The van der Waals surface area contributed by atoms with E-state index in [1.165, 1.54) is 6.92 Å². The fraction of sp³-hybridized carbons (Fsp3) is 0.500. The maximum atomic E-state index is 12.3. The van der Waals surface area contributed by atoms with Crippen molar-refractivity contribution in [3.63, 3.8) is 0 Å². The topological polar surface area (TPSA) is 58.6 Å². The van der Waals surface area contributed by atoms with Gasteiger partial charge in [0, 0.05) is 26.1 Å². The van der Waals surface area contributed by atoms with E-state index in [0.29, 0.717) is 19.5 Å². The molecular formula is C16H22N2O3. The molecule has 1 heterocycles. The SMILES string of the molecule is COc1cccc(CC(=O)N2CCC(NC(C)=O)CC2)c1. The summed E-state index contributed by atoms with van der Waals surface area (Å²) in [5.74, 6) is 0.894. The molecule has 0 bridgehead atoms. The van der Waals surface area contributed by atoms with Gasteiger partial charge in [0.05, 0.1) is 13.5 Å². The summed E-state index contributed by atoms with van der Waals surface area (Å²) in [6.45, 7) is 2.93. The van der Waals surface area contributed by atoms with E-state index in [2.05, 4.69) is 5.32 Å². The van der Waals surface area contributed by atoms with E-state index < -0.39 is 0 Å². The average Bonchev–Trinajstić information content (AvgIpc) is 2.47. The van der Waals surface area contributed by atoms with Crippen LogP contribution in [-0.4, -0.2) is 43.0 Å². The molecular weight excluding hydrogens is 268 g/mol. The molecule has 1 fully saturated rings. The zero-order chi connectivity index (χ0) is 15.2. The molecule has 0 unspecified atom stereocenters. The van der Waals surface area contributed by atoms with E-state index in [1.54, 1.807) is 7.11 Å². The van der Waals surface area contributed by atoms with Crippen LogP contribution >= 0.6 is 0 Å². The average molecular weight is 290 g/mol. The van der Waals surface area contributed by atoms with Gasteiger partial charge in [0.1, 0.15) is 5.75 Å². The molecule has 0 aliphatic carbocycles. The number of hydrogen-bond donors (Lipinski definition) is 1. The minimum absolute atomic E-state index is 0.00356. The summed E-state index contributed by atoms with van der Waals surface area (Å²) in [5, 5.41) is 2.91. The highest BCUT2D eigenvalue weighted by Gasteiger charge is 2.23. The quantitative estimate of drug-likeness (QED) is 0.911. The Morgan fingerprint density at radius 2 is 2.05 bits per heavy atom. The molecule has 1 saturated heterocycles. The molecule has 5 nitrogen and oxygen atoms in total. The molecule has 0 atom stereocenters. The van der Waals surface area contributed by atoms with Gasteiger partial charge in [0.15, 0.2) is 0 Å². The molecule has 1 N–H and O–H groups in total. The smallest absolute Gasteiger partial charge is 0.226 e. The molecule has 1 aromatic carbocycles.